The lowest BCUT2D eigenvalue weighted by molar-refractivity contribution is 0.411. The molecule has 0 aliphatic carbocycles. The summed E-state index contributed by atoms with van der Waals surface area (Å²) in [5, 5.41) is 13.0. The van der Waals surface area contributed by atoms with Crippen molar-refractivity contribution in [1.82, 2.24) is 10.2 Å². The number of halogens is 1. The predicted octanol–water partition coefficient (Wildman–Crippen LogP) is 3.49. The average Bonchev–Trinajstić information content (AvgIpc) is 2.54. The zero-order valence-corrected chi connectivity index (χ0v) is 11.7. The number of hydrogen-bond donors (Lipinski definition) is 1. The largest absolute Gasteiger partial charge is 0.497 e. The van der Waals surface area contributed by atoms with Gasteiger partial charge in [0, 0.05) is 29.4 Å². The summed E-state index contributed by atoms with van der Waals surface area (Å²) in [5.41, 5.74) is 0.923. The molecule has 21 heavy (non-hydrogen) atoms. The number of aromatic nitrogens is 2. The van der Waals surface area contributed by atoms with Gasteiger partial charge in [0.15, 0.2) is 5.82 Å². The molecule has 3 rings (SSSR count). The highest BCUT2D eigenvalue weighted by Crippen LogP contribution is 2.32. The number of fused-ring (bicyclic) bond motifs is 1. The van der Waals surface area contributed by atoms with Gasteiger partial charge in [-0.1, -0.05) is 24.3 Å². The minimum absolute atomic E-state index is 0.383. The van der Waals surface area contributed by atoms with Crippen LogP contribution in [-0.2, 0) is 0 Å². The molecular formula is C16H14FN3O. The molecule has 0 aliphatic heterocycles. The van der Waals surface area contributed by atoms with E-state index in [2.05, 4.69) is 15.5 Å². The first-order valence-electron chi connectivity index (χ1n) is 6.51. The summed E-state index contributed by atoms with van der Waals surface area (Å²) in [6.07, 6.45) is 0. The van der Waals surface area contributed by atoms with E-state index in [1.165, 1.54) is 13.2 Å². The lowest BCUT2D eigenvalue weighted by Crippen LogP contribution is -1.99. The zero-order valence-electron chi connectivity index (χ0n) is 11.7. The minimum Gasteiger partial charge on any atom is -0.497 e. The van der Waals surface area contributed by atoms with Gasteiger partial charge in [-0.05, 0) is 12.1 Å². The molecule has 0 unspecified atom stereocenters. The van der Waals surface area contributed by atoms with Gasteiger partial charge in [-0.2, -0.15) is 0 Å². The summed E-state index contributed by atoms with van der Waals surface area (Å²) in [7, 11) is 3.29. The smallest absolute Gasteiger partial charge is 0.156 e. The van der Waals surface area contributed by atoms with E-state index in [0.717, 1.165) is 10.8 Å². The highest BCUT2D eigenvalue weighted by atomic mass is 19.1. The summed E-state index contributed by atoms with van der Waals surface area (Å²) in [5.74, 6) is 0.759. The first-order chi connectivity index (χ1) is 10.2. The molecule has 1 N–H and O–H groups in total. The first kappa shape index (κ1) is 13.3. The number of benzene rings is 2. The van der Waals surface area contributed by atoms with Crippen LogP contribution < -0.4 is 10.1 Å². The van der Waals surface area contributed by atoms with Crippen molar-refractivity contribution in [3.8, 4) is 17.0 Å². The lowest BCUT2D eigenvalue weighted by atomic mass is 10.0. The predicted molar refractivity (Wildman–Crippen MR) is 81.0 cm³/mol. The number of nitrogens with zero attached hydrogens (tertiary/aromatic N) is 2. The molecule has 4 nitrogen and oxygen atoms in total. The van der Waals surface area contributed by atoms with Gasteiger partial charge in [-0.3, -0.25) is 0 Å². The van der Waals surface area contributed by atoms with Crippen molar-refractivity contribution in [3.05, 3.63) is 48.3 Å². The fourth-order valence-corrected chi connectivity index (χ4v) is 2.30. The third-order valence-corrected chi connectivity index (χ3v) is 3.36. The maximum absolute atomic E-state index is 14.3. The third kappa shape index (κ3) is 2.27. The summed E-state index contributed by atoms with van der Waals surface area (Å²) in [4.78, 5) is 0. The summed E-state index contributed by atoms with van der Waals surface area (Å²) in [6, 6.07) is 12.4. The van der Waals surface area contributed by atoms with Crippen LogP contribution >= 0.6 is 0 Å². The lowest BCUT2D eigenvalue weighted by Gasteiger charge is -2.10. The van der Waals surface area contributed by atoms with Crippen LogP contribution in [-0.4, -0.2) is 24.4 Å². The van der Waals surface area contributed by atoms with Crippen molar-refractivity contribution >= 4 is 16.6 Å². The van der Waals surface area contributed by atoms with Gasteiger partial charge >= 0.3 is 0 Å². The van der Waals surface area contributed by atoms with E-state index in [9.17, 15) is 4.39 Å². The van der Waals surface area contributed by atoms with Gasteiger partial charge in [0.25, 0.3) is 0 Å². The Morgan fingerprint density at radius 3 is 2.48 bits per heavy atom. The van der Waals surface area contributed by atoms with E-state index in [1.54, 1.807) is 19.2 Å². The van der Waals surface area contributed by atoms with Gasteiger partial charge in [0.05, 0.1) is 7.11 Å². The molecule has 106 valence electrons. The number of ether oxygens (including phenoxy) is 1. The number of rotatable bonds is 3. The van der Waals surface area contributed by atoms with Crippen molar-refractivity contribution < 1.29 is 9.13 Å². The Labute approximate surface area is 121 Å². The van der Waals surface area contributed by atoms with Crippen LogP contribution in [0.2, 0.25) is 0 Å². The van der Waals surface area contributed by atoms with Gasteiger partial charge < -0.3 is 10.1 Å². The molecule has 0 amide bonds. The van der Waals surface area contributed by atoms with Gasteiger partial charge in [0.1, 0.15) is 17.3 Å². The van der Waals surface area contributed by atoms with Crippen LogP contribution in [0.1, 0.15) is 0 Å². The van der Waals surface area contributed by atoms with Gasteiger partial charge in [-0.25, -0.2) is 4.39 Å². The van der Waals surface area contributed by atoms with Gasteiger partial charge in [-0.15, -0.1) is 10.2 Å². The molecule has 0 saturated carbocycles. The third-order valence-electron chi connectivity index (χ3n) is 3.36. The Morgan fingerprint density at radius 1 is 1.05 bits per heavy atom. The maximum atomic E-state index is 14.3. The molecule has 1 aromatic heterocycles. The van der Waals surface area contributed by atoms with Crippen molar-refractivity contribution in [1.29, 1.82) is 0 Å². The minimum atomic E-state index is -0.383. The first-order valence-corrected chi connectivity index (χ1v) is 6.51. The highest BCUT2D eigenvalue weighted by Gasteiger charge is 2.14. The van der Waals surface area contributed by atoms with Crippen LogP contribution in [0.4, 0.5) is 10.2 Å². The van der Waals surface area contributed by atoms with Crippen molar-refractivity contribution in [2.75, 3.05) is 19.5 Å². The van der Waals surface area contributed by atoms with E-state index < -0.39 is 0 Å². The van der Waals surface area contributed by atoms with Crippen LogP contribution in [0.15, 0.2) is 42.5 Å². The molecule has 1 heterocycles. The topological polar surface area (TPSA) is 47.0 Å². The molecule has 0 spiro atoms. The number of methoxy groups -OCH3 is 1. The Kier molecular flexibility index (Phi) is 3.39. The van der Waals surface area contributed by atoms with E-state index in [4.69, 9.17) is 4.74 Å². The quantitative estimate of drug-likeness (QED) is 0.799. The molecular weight excluding hydrogens is 269 g/mol. The van der Waals surface area contributed by atoms with Crippen molar-refractivity contribution in [3.63, 3.8) is 0 Å². The molecule has 0 fully saturated rings. The SMILES string of the molecule is CNc1nnc(-c2ccc(OC)cc2F)c2ccccc12. The van der Waals surface area contributed by atoms with Crippen LogP contribution in [0, 0.1) is 5.82 Å². The number of anilines is 1. The summed E-state index contributed by atoms with van der Waals surface area (Å²) >= 11 is 0. The monoisotopic (exact) mass is 283 g/mol. The Morgan fingerprint density at radius 2 is 1.81 bits per heavy atom. The van der Waals surface area contributed by atoms with Crippen molar-refractivity contribution in [2.45, 2.75) is 0 Å². The standard InChI is InChI=1S/C16H14FN3O/c1-18-16-12-6-4-3-5-11(12)15(19-20-16)13-8-7-10(21-2)9-14(13)17/h3-9H,1-2H3,(H,18,20). The second-order valence-corrected chi connectivity index (χ2v) is 4.54. The summed E-state index contributed by atoms with van der Waals surface area (Å²) < 4.78 is 19.3. The molecule has 0 radical (unpaired) electrons. The van der Waals surface area contributed by atoms with E-state index in [-0.39, 0.29) is 5.82 Å². The second-order valence-electron chi connectivity index (χ2n) is 4.54. The van der Waals surface area contributed by atoms with E-state index in [1.807, 2.05) is 24.3 Å². The second kappa shape index (κ2) is 5.36. The highest BCUT2D eigenvalue weighted by molar-refractivity contribution is 6.00. The molecule has 2 aromatic carbocycles. The Bertz CT molecular complexity index is 805. The van der Waals surface area contributed by atoms with Crippen LogP contribution in [0.3, 0.4) is 0 Å². The fourth-order valence-electron chi connectivity index (χ4n) is 2.30. The molecule has 5 heteroatoms. The van der Waals surface area contributed by atoms with Crippen molar-refractivity contribution in [2.24, 2.45) is 0 Å². The van der Waals surface area contributed by atoms with Crippen LogP contribution in [0.5, 0.6) is 5.75 Å². The zero-order chi connectivity index (χ0) is 14.8. The normalized spacial score (nSPS) is 10.6. The van der Waals surface area contributed by atoms with E-state index >= 15 is 0 Å². The van der Waals surface area contributed by atoms with E-state index in [0.29, 0.717) is 22.8 Å². The number of nitrogens with one attached hydrogen (secondary N) is 1. The fraction of sp³-hybridized carbons (Fsp3) is 0.125. The molecule has 3 aromatic rings. The molecule has 0 aliphatic rings. The molecule has 0 atom stereocenters. The summed E-state index contributed by atoms with van der Waals surface area (Å²) in [6.45, 7) is 0. The maximum Gasteiger partial charge on any atom is 0.156 e. The molecule has 0 saturated heterocycles. The number of hydrogen-bond acceptors (Lipinski definition) is 4. The van der Waals surface area contributed by atoms with Crippen LogP contribution in [0.25, 0.3) is 22.0 Å². The van der Waals surface area contributed by atoms with Gasteiger partial charge in [0.2, 0.25) is 0 Å². The average molecular weight is 283 g/mol. The Balaban J connectivity index is 2.26. The Hall–Kier alpha value is -2.69. The molecule has 0 bridgehead atoms.